The molecule has 192 valence electrons. The van der Waals surface area contributed by atoms with E-state index in [4.69, 9.17) is 15.8 Å². The second kappa shape index (κ2) is 10.4. The summed E-state index contributed by atoms with van der Waals surface area (Å²) in [4.78, 5) is 28.4. The molecule has 1 aromatic heterocycles. The van der Waals surface area contributed by atoms with Crippen LogP contribution in [0.4, 0.5) is 5.69 Å². The SMILES string of the molecule is O=c1c2ccccc2nc(SCCS(=O)(=O)Oc2ccc(Cl)c3ccccc23)n1-c1ccc([N+](=O)[O-])cc1. The Hall–Kier alpha value is -3.93. The second-order valence-corrected chi connectivity index (χ2v) is 11.3. The zero-order valence-corrected chi connectivity index (χ0v) is 21.9. The van der Waals surface area contributed by atoms with E-state index in [0.29, 0.717) is 32.4 Å². The Morgan fingerprint density at radius 1 is 0.921 bits per heavy atom. The number of para-hydroxylation sites is 1. The highest BCUT2D eigenvalue weighted by Crippen LogP contribution is 2.32. The second-order valence-electron chi connectivity index (χ2n) is 8.11. The maximum atomic E-state index is 13.3. The maximum Gasteiger partial charge on any atom is 0.310 e. The molecule has 0 unspecified atom stereocenters. The standard InChI is InChI=1S/C26H18ClN3O6S2/c27-22-13-14-24(20-6-2-1-5-19(20)22)36-38(34,35)16-15-37-26-28-23-8-4-3-7-21(23)25(31)29(26)17-9-11-18(12-10-17)30(32)33/h1-14H,15-16H2. The van der Waals surface area contributed by atoms with Gasteiger partial charge in [0.15, 0.2) is 10.9 Å². The molecule has 9 nitrogen and oxygen atoms in total. The zero-order chi connectivity index (χ0) is 26.9. The third-order valence-corrected chi connectivity index (χ3v) is 8.34. The van der Waals surface area contributed by atoms with Gasteiger partial charge in [0.05, 0.1) is 27.3 Å². The van der Waals surface area contributed by atoms with E-state index in [1.165, 1.54) is 34.9 Å². The Balaban J connectivity index is 1.43. The number of thioether (sulfide) groups is 1. The van der Waals surface area contributed by atoms with Crippen molar-refractivity contribution >= 4 is 60.8 Å². The molecular formula is C26H18ClN3O6S2. The highest BCUT2D eigenvalue weighted by molar-refractivity contribution is 8.00. The van der Waals surface area contributed by atoms with E-state index in [2.05, 4.69) is 4.98 Å². The fourth-order valence-electron chi connectivity index (χ4n) is 3.88. The predicted octanol–water partition coefficient (Wildman–Crippen LogP) is 5.60. The van der Waals surface area contributed by atoms with E-state index in [0.717, 1.165) is 11.8 Å². The number of fused-ring (bicyclic) bond motifs is 2. The van der Waals surface area contributed by atoms with Crippen LogP contribution < -0.4 is 9.74 Å². The predicted molar refractivity (Wildman–Crippen MR) is 148 cm³/mol. The van der Waals surface area contributed by atoms with Crippen LogP contribution in [0.15, 0.2) is 94.9 Å². The molecule has 0 radical (unpaired) electrons. The van der Waals surface area contributed by atoms with Crippen LogP contribution in [-0.2, 0) is 10.1 Å². The molecule has 0 amide bonds. The lowest BCUT2D eigenvalue weighted by atomic mass is 10.1. The van der Waals surface area contributed by atoms with Crippen LogP contribution in [0.1, 0.15) is 0 Å². The van der Waals surface area contributed by atoms with E-state index in [1.54, 1.807) is 54.6 Å². The Morgan fingerprint density at radius 3 is 2.29 bits per heavy atom. The van der Waals surface area contributed by atoms with Crippen molar-refractivity contribution in [3.8, 4) is 11.4 Å². The number of nitrogens with zero attached hydrogens (tertiary/aromatic N) is 3. The van der Waals surface area contributed by atoms with Crippen molar-refractivity contribution in [1.29, 1.82) is 0 Å². The van der Waals surface area contributed by atoms with Gasteiger partial charge in [-0.05, 0) is 36.4 Å². The minimum absolute atomic E-state index is 0.0334. The molecule has 0 aliphatic heterocycles. The maximum absolute atomic E-state index is 13.3. The Labute approximate surface area is 225 Å². The Kier molecular flexibility index (Phi) is 7.06. The summed E-state index contributed by atoms with van der Waals surface area (Å²) in [5.74, 6) is -0.162. The van der Waals surface area contributed by atoms with Crippen molar-refractivity contribution in [3.05, 3.63) is 110 Å². The Morgan fingerprint density at radius 2 is 1.58 bits per heavy atom. The molecule has 0 bridgehead atoms. The van der Waals surface area contributed by atoms with E-state index < -0.39 is 15.0 Å². The van der Waals surface area contributed by atoms with Gasteiger partial charge in [-0.3, -0.25) is 19.5 Å². The monoisotopic (exact) mass is 567 g/mol. The van der Waals surface area contributed by atoms with Gasteiger partial charge in [-0.15, -0.1) is 0 Å². The molecule has 0 saturated carbocycles. The minimum Gasteiger partial charge on any atom is -0.382 e. The molecule has 4 aromatic carbocycles. The number of benzene rings is 4. The van der Waals surface area contributed by atoms with E-state index in [1.807, 2.05) is 0 Å². The molecule has 0 spiro atoms. The molecule has 0 aliphatic rings. The van der Waals surface area contributed by atoms with Gasteiger partial charge in [-0.1, -0.05) is 59.8 Å². The first-order valence-corrected chi connectivity index (χ1v) is 14.2. The average Bonchev–Trinajstić information content (AvgIpc) is 2.90. The number of hydrogen-bond acceptors (Lipinski definition) is 8. The van der Waals surface area contributed by atoms with Gasteiger partial charge < -0.3 is 4.18 Å². The molecule has 0 saturated heterocycles. The van der Waals surface area contributed by atoms with Crippen LogP contribution in [0.25, 0.3) is 27.4 Å². The van der Waals surface area contributed by atoms with Crippen molar-refractivity contribution in [2.75, 3.05) is 11.5 Å². The van der Waals surface area contributed by atoms with E-state index >= 15 is 0 Å². The van der Waals surface area contributed by atoms with E-state index in [-0.39, 0.29) is 33.7 Å². The minimum atomic E-state index is -4.01. The first kappa shape index (κ1) is 25.7. The number of hydrogen-bond donors (Lipinski definition) is 0. The first-order valence-electron chi connectivity index (χ1n) is 11.2. The van der Waals surface area contributed by atoms with E-state index in [9.17, 15) is 23.3 Å². The van der Waals surface area contributed by atoms with Crippen LogP contribution in [0, 0.1) is 10.1 Å². The zero-order valence-electron chi connectivity index (χ0n) is 19.5. The molecule has 5 rings (SSSR count). The topological polar surface area (TPSA) is 121 Å². The highest BCUT2D eigenvalue weighted by Gasteiger charge is 2.19. The third kappa shape index (κ3) is 5.21. The molecular weight excluding hydrogens is 550 g/mol. The van der Waals surface area contributed by atoms with Gasteiger partial charge in [0.25, 0.3) is 11.2 Å². The smallest absolute Gasteiger partial charge is 0.310 e. The van der Waals surface area contributed by atoms with Gasteiger partial charge >= 0.3 is 10.1 Å². The van der Waals surface area contributed by atoms with Gasteiger partial charge in [-0.25, -0.2) is 4.98 Å². The molecule has 5 aromatic rings. The highest BCUT2D eigenvalue weighted by atomic mass is 35.5. The third-order valence-electron chi connectivity index (χ3n) is 5.68. The summed E-state index contributed by atoms with van der Waals surface area (Å²) in [7, 11) is -4.01. The molecule has 0 N–H and O–H groups in total. The molecule has 0 fully saturated rings. The number of non-ortho nitro benzene ring substituents is 1. The fraction of sp³-hybridized carbons (Fsp3) is 0.0769. The summed E-state index contributed by atoms with van der Waals surface area (Å²) < 4.78 is 32.4. The van der Waals surface area contributed by atoms with Crippen LogP contribution in [0.5, 0.6) is 5.75 Å². The molecule has 38 heavy (non-hydrogen) atoms. The van der Waals surface area contributed by atoms with Crippen LogP contribution in [0.2, 0.25) is 5.02 Å². The summed E-state index contributed by atoms with van der Waals surface area (Å²) in [6, 6.07) is 22.4. The van der Waals surface area contributed by atoms with Crippen molar-refractivity contribution in [2.24, 2.45) is 0 Å². The number of aromatic nitrogens is 2. The van der Waals surface area contributed by atoms with Crippen molar-refractivity contribution < 1.29 is 17.5 Å². The normalized spacial score (nSPS) is 11.6. The number of rotatable bonds is 8. The quantitative estimate of drug-likeness (QED) is 0.0780. The molecule has 0 aliphatic carbocycles. The lowest BCUT2D eigenvalue weighted by Gasteiger charge is -2.14. The lowest BCUT2D eigenvalue weighted by molar-refractivity contribution is -0.384. The first-order chi connectivity index (χ1) is 18.2. The van der Waals surface area contributed by atoms with Gasteiger partial charge in [-0.2, -0.15) is 8.42 Å². The van der Waals surface area contributed by atoms with Crippen molar-refractivity contribution in [2.45, 2.75) is 5.16 Å². The fourth-order valence-corrected chi connectivity index (χ4v) is 6.42. The summed E-state index contributed by atoms with van der Waals surface area (Å²) in [5.41, 5.74) is 0.319. The van der Waals surface area contributed by atoms with Crippen molar-refractivity contribution in [3.63, 3.8) is 0 Å². The summed E-state index contributed by atoms with van der Waals surface area (Å²) in [6.45, 7) is 0. The van der Waals surface area contributed by atoms with Gasteiger partial charge in [0.1, 0.15) is 0 Å². The summed E-state index contributed by atoms with van der Waals surface area (Å²) >= 11 is 7.28. The van der Waals surface area contributed by atoms with Crippen molar-refractivity contribution in [1.82, 2.24) is 9.55 Å². The number of nitro groups is 1. The number of nitro benzene ring substituents is 1. The van der Waals surface area contributed by atoms with Crippen LogP contribution in [-0.4, -0.2) is 34.4 Å². The van der Waals surface area contributed by atoms with Gasteiger partial charge in [0, 0.05) is 33.7 Å². The Bertz CT molecular complexity index is 1860. The summed E-state index contributed by atoms with van der Waals surface area (Å²) in [6.07, 6.45) is 0. The van der Waals surface area contributed by atoms with Gasteiger partial charge in [0.2, 0.25) is 0 Å². The lowest BCUT2D eigenvalue weighted by Crippen LogP contribution is -2.22. The summed E-state index contributed by atoms with van der Waals surface area (Å²) in [5, 5.41) is 13.4. The van der Waals surface area contributed by atoms with Crippen LogP contribution in [0.3, 0.4) is 0 Å². The van der Waals surface area contributed by atoms with Crippen LogP contribution >= 0.6 is 23.4 Å². The number of halogens is 1. The molecule has 12 heteroatoms. The molecule has 1 heterocycles. The largest absolute Gasteiger partial charge is 0.382 e. The molecule has 0 atom stereocenters. The average molecular weight is 568 g/mol.